The van der Waals surface area contributed by atoms with E-state index in [1.54, 1.807) is 12.1 Å². The van der Waals surface area contributed by atoms with Gasteiger partial charge in [-0.15, -0.1) is 0 Å². The zero-order valence-electron chi connectivity index (χ0n) is 12.7. The van der Waals surface area contributed by atoms with Gasteiger partial charge in [-0.25, -0.2) is 17.1 Å². The van der Waals surface area contributed by atoms with E-state index in [9.17, 15) is 12.8 Å². The van der Waals surface area contributed by atoms with Crippen LogP contribution in [0.15, 0.2) is 24.3 Å². The molecule has 1 heterocycles. The van der Waals surface area contributed by atoms with Crippen LogP contribution in [0.3, 0.4) is 0 Å². The van der Waals surface area contributed by atoms with Crippen LogP contribution in [0.2, 0.25) is 0 Å². The molecule has 0 amide bonds. The van der Waals surface area contributed by atoms with Crippen molar-refractivity contribution in [1.29, 1.82) is 0 Å². The van der Waals surface area contributed by atoms with Crippen molar-refractivity contribution in [3.05, 3.63) is 35.6 Å². The highest BCUT2D eigenvalue weighted by molar-refractivity contribution is 7.88. The van der Waals surface area contributed by atoms with Gasteiger partial charge >= 0.3 is 0 Å². The number of hydrogen-bond donors (Lipinski definition) is 1. The molecule has 21 heavy (non-hydrogen) atoms. The summed E-state index contributed by atoms with van der Waals surface area (Å²) >= 11 is 0. The Kier molecular flexibility index (Phi) is 5.01. The molecule has 118 valence electrons. The standard InChI is InChI=1S/C15H23FN2O2S/c1-11-10-18(21(3,19)20)9-8-15(11)17-12(2)13-6-4-5-7-14(13)16/h4-7,11-12,15,17H,8-10H2,1-3H3/t11-,12-,15+/m0/s1. The third-order valence-electron chi connectivity index (χ3n) is 4.17. The number of nitrogens with zero attached hydrogens (tertiary/aromatic N) is 1. The fourth-order valence-corrected chi connectivity index (χ4v) is 3.84. The molecule has 1 aliphatic rings. The lowest BCUT2D eigenvalue weighted by molar-refractivity contribution is 0.210. The van der Waals surface area contributed by atoms with Crippen molar-refractivity contribution in [3.8, 4) is 0 Å². The van der Waals surface area contributed by atoms with Crippen LogP contribution in [0, 0.1) is 11.7 Å². The van der Waals surface area contributed by atoms with Gasteiger partial charge in [-0.3, -0.25) is 0 Å². The Bertz CT molecular complexity index is 591. The van der Waals surface area contributed by atoms with Crippen LogP contribution in [0.25, 0.3) is 0 Å². The normalized spacial score (nSPS) is 25.7. The van der Waals surface area contributed by atoms with E-state index in [0.29, 0.717) is 18.7 Å². The van der Waals surface area contributed by atoms with Gasteiger partial charge in [0.1, 0.15) is 5.82 Å². The smallest absolute Gasteiger partial charge is 0.211 e. The summed E-state index contributed by atoms with van der Waals surface area (Å²) in [6.45, 7) is 5.00. The fourth-order valence-electron chi connectivity index (χ4n) is 2.89. The number of hydrogen-bond acceptors (Lipinski definition) is 3. The fraction of sp³-hybridized carbons (Fsp3) is 0.600. The van der Waals surface area contributed by atoms with E-state index in [4.69, 9.17) is 0 Å². The van der Waals surface area contributed by atoms with E-state index in [2.05, 4.69) is 5.32 Å². The van der Waals surface area contributed by atoms with Gasteiger partial charge in [-0.2, -0.15) is 0 Å². The Morgan fingerprint density at radius 3 is 2.62 bits per heavy atom. The average Bonchev–Trinajstić information content (AvgIpc) is 2.40. The predicted molar refractivity (Wildman–Crippen MR) is 81.9 cm³/mol. The quantitative estimate of drug-likeness (QED) is 0.926. The summed E-state index contributed by atoms with van der Waals surface area (Å²) in [5, 5.41) is 3.44. The first kappa shape index (κ1) is 16.4. The molecule has 0 saturated carbocycles. The number of rotatable bonds is 4. The van der Waals surface area contributed by atoms with Crippen LogP contribution in [0.4, 0.5) is 4.39 Å². The monoisotopic (exact) mass is 314 g/mol. The van der Waals surface area contributed by atoms with Crippen molar-refractivity contribution < 1.29 is 12.8 Å². The second-order valence-electron chi connectivity index (χ2n) is 5.90. The molecule has 1 saturated heterocycles. The molecular weight excluding hydrogens is 291 g/mol. The predicted octanol–water partition coefficient (Wildman–Crippen LogP) is 2.15. The van der Waals surface area contributed by atoms with Gasteiger partial charge in [-0.1, -0.05) is 25.1 Å². The lowest BCUT2D eigenvalue weighted by Gasteiger charge is -2.37. The molecular formula is C15H23FN2O2S. The summed E-state index contributed by atoms with van der Waals surface area (Å²) in [6.07, 6.45) is 1.99. The minimum Gasteiger partial charge on any atom is -0.307 e. The molecule has 0 aromatic heterocycles. The third-order valence-corrected chi connectivity index (χ3v) is 5.44. The lowest BCUT2D eigenvalue weighted by Crippen LogP contribution is -2.50. The second kappa shape index (κ2) is 6.42. The van der Waals surface area contributed by atoms with E-state index < -0.39 is 10.0 Å². The highest BCUT2D eigenvalue weighted by Crippen LogP contribution is 2.23. The van der Waals surface area contributed by atoms with Crippen LogP contribution >= 0.6 is 0 Å². The molecule has 2 rings (SSSR count). The molecule has 1 N–H and O–H groups in total. The molecule has 0 radical (unpaired) electrons. The number of piperidine rings is 1. The molecule has 1 fully saturated rings. The summed E-state index contributed by atoms with van der Waals surface area (Å²) in [7, 11) is -3.12. The molecule has 1 aromatic carbocycles. The summed E-state index contributed by atoms with van der Waals surface area (Å²) in [5.41, 5.74) is 0.648. The maximum atomic E-state index is 13.8. The van der Waals surface area contributed by atoms with E-state index >= 15 is 0 Å². The van der Waals surface area contributed by atoms with Crippen molar-refractivity contribution in [1.82, 2.24) is 9.62 Å². The molecule has 0 bridgehead atoms. The number of halogens is 1. The van der Waals surface area contributed by atoms with Crippen molar-refractivity contribution in [2.45, 2.75) is 32.4 Å². The van der Waals surface area contributed by atoms with Crippen LogP contribution in [0.5, 0.6) is 0 Å². The molecule has 3 atom stereocenters. The van der Waals surface area contributed by atoms with Crippen LogP contribution < -0.4 is 5.32 Å². The molecule has 1 aliphatic heterocycles. The average molecular weight is 314 g/mol. The summed E-state index contributed by atoms with van der Waals surface area (Å²) in [4.78, 5) is 0. The Labute approximate surface area is 126 Å². The van der Waals surface area contributed by atoms with Crippen LogP contribution in [-0.4, -0.2) is 38.1 Å². The highest BCUT2D eigenvalue weighted by atomic mass is 32.2. The largest absolute Gasteiger partial charge is 0.307 e. The molecule has 1 aromatic rings. The summed E-state index contributed by atoms with van der Waals surface area (Å²) in [6, 6.07) is 6.85. The van der Waals surface area contributed by atoms with E-state index in [0.717, 1.165) is 6.42 Å². The second-order valence-corrected chi connectivity index (χ2v) is 7.89. The topological polar surface area (TPSA) is 49.4 Å². The maximum Gasteiger partial charge on any atom is 0.211 e. The van der Waals surface area contributed by atoms with E-state index in [1.165, 1.54) is 16.6 Å². The molecule has 0 aliphatic carbocycles. The molecule has 0 unspecified atom stereocenters. The zero-order valence-corrected chi connectivity index (χ0v) is 13.5. The van der Waals surface area contributed by atoms with Crippen molar-refractivity contribution in [2.24, 2.45) is 5.92 Å². The van der Waals surface area contributed by atoms with E-state index in [-0.39, 0.29) is 23.8 Å². The Morgan fingerprint density at radius 1 is 1.38 bits per heavy atom. The van der Waals surface area contributed by atoms with Gasteiger partial charge < -0.3 is 5.32 Å². The minimum absolute atomic E-state index is 0.0940. The van der Waals surface area contributed by atoms with Crippen molar-refractivity contribution in [3.63, 3.8) is 0 Å². The SMILES string of the molecule is C[C@H](N[C@@H]1CCN(S(C)(=O)=O)C[C@@H]1C)c1ccccc1F. The van der Waals surface area contributed by atoms with Gasteiger partial charge in [0.05, 0.1) is 6.26 Å². The van der Waals surface area contributed by atoms with Crippen molar-refractivity contribution >= 4 is 10.0 Å². The van der Waals surface area contributed by atoms with Crippen LogP contribution in [-0.2, 0) is 10.0 Å². The highest BCUT2D eigenvalue weighted by Gasteiger charge is 2.31. The van der Waals surface area contributed by atoms with Gasteiger partial charge in [0.25, 0.3) is 0 Å². The minimum atomic E-state index is -3.12. The first-order valence-electron chi connectivity index (χ1n) is 7.24. The van der Waals surface area contributed by atoms with E-state index in [1.807, 2.05) is 19.9 Å². The first-order chi connectivity index (χ1) is 9.79. The molecule has 0 spiro atoms. The van der Waals surface area contributed by atoms with Gasteiger partial charge in [0.2, 0.25) is 10.0 Å². The molecule has 4 nitrogen and oxygen atoms in total. The summed E-state index contributed by atoms with van der Waals surface area (Å²) in [5.74, 6) is -0.0126. The number of benzene rings is 1. The van der Waals surface area contributed by atoms with Crippen LogP contribution in [0.1, 0.15) is 31.9 Å². The molecule has 6 heteroatoms. The van der Waals surface area contributed by atoms with Crippen molar-refractivity contribution in [2.75, 3.05) is 19.3 Å². The Hall–Kier alpha value is -0.980. The Morgan fingerprint density at radius 2 is 2.05 bits per heavy atom. The van der Waals surface area contributed by atoms with Gasteiger partial charge in [0.15, 0.2) is 0 Å². The first-order valence-corrected chi connectivity index (χ1v) is 9.09. The van der Waals surface area contributed by atoms with Gasteiger partial charge in [0, 0.05) is 30.7 Å². The zero-order chi connectivity index (χ0) is 15.6. The number of nitrogens with one attached hydrogen (secondary N) is 1. The van der Waals surface area contributed by atoms with Gasteiger partial charge in [-0.05, 0) is 25.3 Å². The lowest BCUT2D eigenvalue weighted by atomic mass is 9.93. The number of sulfonamides is 1. The summed E-state index contributed by atoms with van der Waals surface area (Å²) < 4.78 is 38.5. The third kappa shape index (κ3) is 4.02. The Balaban J connectivity index is 2.00. The maximum absolute atomic E-state index is 13.8.